The molecule has 0 aromatic carbocycles. The van der Waals surface area contributed by atoms with Crippen LogP contribution in [0, 0.1) is 5.41 Å². The van der Waals surface area contributed by atoms with Gasteiger partial charge < -0.3 is 4.90 Å². The van der Waals surface area contributed by atoms with E-state index in [4.69, 9.17) is 0 Å². The lowest BCUT2D eigenvalue weighted by Crippen LogP contribution is -2.39. The molecule has 0 bridgehead atoms. The van der Waals surface area contributed by atoms with E-state index in [1.54, 1.807) is 0 Å². The second-order valence-electron chi connectivity index (χ2n) is 4.48. The van der Waals surface area contributed by atoms with Crippen molar-refractivity contribution in [3.8, 4) is 0 Å². The van der Waals surface area contributed by atoms with Crippen LogP contribution in [0.5, 0.6) is 0 Å². The van der Waals surface area contributed by atoms with E-state index in [0.29, 0.717) is 11.5 Å². The lowest BCUT2D eigenvalue weighted by atomic mass is 9.95. The molecule has 0 heterocycles. The Balaban J connectivity index is 4.01. The summed E-state index contributed by atoms with van der Waals surface area (Å²) in [5.41, 5.74) is 0.337. The largest absolute Gasteiger partial charge is 0.301 e. The minimum Gasteiger partial charge on any atom is -0.301 e. The maximum absolute atomic E-state index is 4.36. The van der Waals surface area contributed by atoms with Gasteiger partial charge in [0.05, 0.1) is 0 Å². The highest BCUT2D eigenvalue weighted by Crippen LogP contribution is 2.19. The van der Waals surface area contributed by atoms with Gasteiger partial charge in [-0.15, -0.1) is 0 Å². The average molecular weight is 189 g/mol. The summed E-state index contributed by atoms with van der Waals surface area (Å²) in [4.78, 5) is 2.48. The maximum Gasteiger partial charge on any atom is 0.00431 e. The summed E-state index contributed by atoms with van der Waals surface area (Å²) in [7, 11) is 0. The first-order chi connectivity index (χ1) is 5.43. The molecule has 0 radical (unpaired) electrons. The number of hydrogen-bond acceptors (Lipinski definition) is 2. The van der Waals surface area contributed by atoms with Crippen LogP contribution in [0.4, 0.5) is 0 Å². The third-order valence-electron chi connectivity index (χ3n) is 2.20. The number of hydrogen-bond donors (Lipinski definition) is 1. The lowest BCUT2D eigenvalue weighted by Gasteiger charge is -2.33. The zero-order valence-corrected chi connectivity index (χ0v) is 9.99. The summed E-state index contributed by atoms with van der Waals surface area (Å²) in [5.74, 6) is 0.955. The molecule has 74 valence electrons. The van der Waals surface area contributed by atoms with E-state index in [9.17, 15) is 0 Å². The summed E-state index contributed by atoms with van der Waals surface area (Å²) in [6.45, 7) is 13.5. The molecule has 0 rings (SSSR count). The smallest absolute Gasteiger partial charge is 0.00431 e. The lowest BCUT2D eigenvalue weighted by molar-refractivity contribution is 0.166. The Hall–Kier alpha value is 0.310. The SMILES string of the molecule is CCN(CC(C)(C)CS)C(C)C. The standard InChI is InChI=1S/C10H23NS/c1-6-11(9(2)3)7-10(4,5)8-12/h9,12H,6-8H2,1-5H3. The molecule has 0 aliphatic carbocycles. The quantitative estimate of drug-likeness (QED) is 0.651. The predicted molar refractivity (Wildman–Crippen MR) is 60.0 cm³/mol. The molecule has 0 fully saturated rings. The highest BCUT2D eigenvalue weighted by Gasteiger charge is 2.20. The first-order valence-corrected chi connectivity index (χ1v) is 5.41. The molecule has 12 heavy (non-hydrogen) atoms. The molecule has 0 atom stereocenters. The normalized spacial score (nSPS) is 13.0. The van der Waals surface area contributed by atoms with Gasteiger partial charge in [-0.25, -0.2) is 0 Å². The molecule has 2 heteroatoms. The number of nitrogens with zero attached hydrogens (tertiary/aromatic N) is 1. The first kappa shape index (κ1) is 12.3. The summed E-state index contributed by atoms with van der Waals surface area (Å²) < 4.78 is 0. The van der Waals surface area contributed by atoms with Crippen LogP contribution in [-0.4, -0.2) is 29.8 Å². The van der Waals surface area contributed by atoms with Gasteiger partial charge in [0.15, 0.2) is 0 Å². The van der Waals surface area contributed by atoms with Crippen molar-refractivity contribution in [2.45, 2.75) is 40.7 Å². The molecule has 0 amide bonds. The van der Waals surface area contributed by atoms with Crippen LogP contribution in [0.25, 0.3) is 0 Å². The monoisotopic (exact) mass is 189 g/mol. The molecule has 0 aliphatic heterocycles. The zero-order valence-electron chi connectivity index (χ0n) is 9.09. The van der Waals surface area contributed by atoms with Gasteiger partial charge in [-0.1, -0.05) is 20.8 Å². The van der Waals surface area contributed by atoms with E-state index in [2.05, 4.69) is 52.1 Å². The van der Waals surface area contributed by atoms with E-state index >= 15 is 0 Å². The molecule has 0 spiro atoms. The molecular weight excluding hydrogens is 166 g/mol. The molecule has 0 aliphatic rings. The van der Waals surface area contributed by atoms with E-state index in [1.807, 2.05) is 0 Å². The van der Waals surface area contributed by atoms with E-state index < -0.39 is 0 Å². The molecule has 0 aromatic heterocycles. The van der Waals surface area contributed by atoms with Gasteiger partial charge in [0.2, 0.25) is 0 Å². The van der Waals surface area contributed by atoms with Crippen molar-refractivity contribution in [2.75, 3.05) is 18.8 Å². The fourth-order valence-corrected chi connectivity index (χ4v) is 1.36. The molecular formula is C10H23NS. The molecule has 0 aromatic rings. The van der Waals surface area contributed by atoms with Crippen LogP contribution >= 0.6 is 12.6 Å². The molecule has 1 nitrogen and oxygen atoms in total. The highest BCUT2D eigenvalue weighted by molar-refractivity contribution is 7.80. The third-order valence-corrected chi connectivity index (χ3v) is 3.05. The topological polar surface area (TPSA) is 3.24 Å². The van der Waals surface area contributed by atoms with Crippen LogP contribution in [0.1, 0.15) is 34.6 Å². The summed E-state index contributed by atoms with van der Waals surface area (Å²) >= 11 is 4.36. The van der Waals surface area contributed by atoms with Crippen LogP contribution < -0.4 is 0 Å². The van der Waals surface area contributed by atoms with E-state index in [0.717, 1.165) is 18.8 Å². The Bertz CT molecular complexity index is 121. The van der Waals surface area contributed by atoms with E-state index in [-0.39, 0.29) is 0 Å². The second-order valence-corrected chi connectivity index (χ2v) is 4.80. The number of thiol groups is 1. The Morgan fingerprint density at radius 3 is 2.08 bits per heavy atom. The van der Waals surface area contributed by atoms with Gasteiger partial charge in [-0.05, 0) is 31.6 Å². The summed E-state index contributed by atoms with van der Waals surface area (Å²) in [6.07, 6.45) is 0. The first-order valence-electron chi connectivity index (χ1n) is 4.78. The van der Waals surface area contributed by atoms with Crippen molar-refractivity contribution in [3.05, 3.63) is 0 Å². The van der Waals surface area contributed by atoms with Gasteiger partial charge in [-0.2, -0.15) is 12.6 Å². The van der Waals surface area contributed by atoms with Gasteiger partial charge in [0, 0.05) is 12.6 Å². The summed E-state index contributed by atoms with van der Waals surface area (Å²) in [6, 6.07) is 0.647. The van der Waals surface area contributed by atoms with Crippen LogP contribution in [0.2, 0.25) is 0 Å². The average Bonchev–Trinajstić information content (AvgIpc) is 2.00. The van der Waals surface area contributed by atoms with Crippen LogP contribution in [0.3, 0.4) is 0 Å². The number of rotatable bonds is 5. The van der Waals surface area contributed by atoms with Gasteiger partial charge in [0.25, 0.3) is 0 Å². The highest BCUT2D eigenvalue weighted by atomic mass is 32.1. The van der Waals surface area contributed by atoms with Gasteiger partial charge in [-0.3, -0.25) is 0 Å². The van der Waals surface area contributed by atoms with Crippen LogP contribution in [-0.2, 0) is 0 Å². The van der Waals surface area contributed by atoms with Crippen molar-refractivity contribution < 1.29 is 0 Å². The van der Waals surface area contributed by atoms with Gasteiger partial charge in [0.1, 0.15) is 0 Å². The van der Waals surface area contributed by atoms with Crippen molar-refractivity contribution in [2.24, 2.45) is 5.41 Å². The van der Waals surface area contributed by atoms with E-state index in [1.165, 1.54) is 0 Å². The van der Waals surface area contributed by atoms with Gasteiger partial charge >= 0.3 is 0 Å². The Morgan fingerprint density at radius 2 is 1.83 bits per heavy atom. The Morgan fingerprint density at radius 1 is 1.33 bits per heavy atom. The molecule has 0 saturated carbocycles. The molecule has 0 unspecified atom stereocenters. The Labute approximate surface area is 82.9 Å². The third kappa shape index (κ3) is 4.36. The zero-order chi connectivity index (χ0) is 9.78. The van der Waals surface area contributed by atoms with Crippen molar-refractivity contribution in [1.82, 2.24) is 4.90 Å². The minimum absolute atomic E-state index is 0.337. The molecule has 0 saturated heterocycles. The maximum atomic E-state index is 4.36. The van der Waals surface area contributed by atoms with Crippen molar-refractivity contribution in [3.63, 3.8) is 0 Å². The fourth-order valence-electron chi connectivity index (χ4n) is 1.26. The minimum atomic E-state index is 0.337. The second kappa shape index (κ2) is 5.13. The predicted octanol–water partition coefficient (Wildman–Crippen LogP) is 2.67. The summed E-state index contributed by atoms with van der Waals surface area (Å²) in [5, 5.41) is 0. The Kier molecular flexibility index (Phi) is 5.26. The van der Waals surface area contributed by atoms with Crippen molar-refractivity contribution >= 4 is 12.6 Å². The molecule has 0 N–H and O–H groups in total. The van der Waals surface area contributed by atoms with Crippen LogP contribution in [0.15, 0.2) is 0 Å². The fraction of sp³-hybridized carbons (Fsp3) is 1.00. The van der Waals surface area contributed by atoms with Crippen molar-refractivity contribution in [1.29, 1.82) is 0 Å².